The van der Waals surface area contributed by atoms with Crippen molar-refractivity contribution in [2.45, 2.75) is 24.0 Å². The van der Waals surface area contributed by atoms with Gasteiger partial charge in [0.15, 0.2) is 0 Å². The van der Waals surface area contributed by atoms with Crippen molar-refractivity contribution in [1.82, 2.24) is 4.31 Å². The molecule has 0 fully saturated rings. The van der Waals surface area contributed by atoms with Crippen molar-refractivity contribution < 1.29 is 32.0 Å². The van der Waals surface area contributed by atoms with E-state index in [4.69, 9.17) is 21.4 Å². The summed E-state index contributed by atoms with van der Waals surface area (Å²) >= 11 is 5.85. The Morgan fingerprint density at radius 1 is 1.09 bits per heavy atom. The lowest BCUT2D eigenvalue weighted by Crippen LogP contribution is -2.21. The van der Waals surface area contributed by atoms with Crippen LogP contribution in [-0.4, -0.2) is 26.6 Å². The van der Waals surface area contributed by atoms with Crippen LogP contribution in [-0.2, 0) is 34.9 Å². The summed E-state index contributed by atoms with van der Waals surface area (Å²) < 4.78 is 60.0. The smallest absolute Gasteiger partial charge is 0.416 e. The van der Waals surface area contributed by atoms with Gasteiger partial charge in [-0.15, -0.1) is 0 Å². The molecule has 1 unspecified atom stereocenters. The Bertz CT molecular complexity index is 1170. The number of nitrogens with zero attached hydrogens (tertiary/aromatic N) is 1. The molecule has 0 aliphatic carbocycles. The lowest BCUT2D eigenvalue weighted by molar-refractivity contribution is -0.138. The van der Waals surface area contributed by atoms with Crippen molar-refractivity contribution in [3.8, 4) is 11.5 Å². The van der Waals surface area contributed by atoms with Gasteiger partial charge in [-0.3, -0.25) is 4.79 Å². The van der Waals surface area contributed by atoms with Crippen LogP contribution in [0, 0.1) is 0 Å². The minimum atomic E-state index is -4.57. The molecule has 10 heteroatoms. The van der Waals surface area contributed by atoms with Gasteiger partial charge >= 0.3 is 12.1 Å². The molecule has 0 radical (unpaired) electrons. The molecule has 5 nitrogen and oxygen atoms in total. The molecule has 0 amide bonds. The lowest BCUT2D eigenvalue weighted by Gasteiger charge is -2.20. The van der Waals surface area contributed by atoms with Crippen molar-refractivity contribution in [3.05, 3.63) is 88.4 Å². The van der Waals surface area contributed by atoms with E-state index in [1.54, 1.807) is 42.5 Å². The average Bonchev–Trinajstić information content (AvgIpc) is 2.74. The number of hydrogen-bond acceptors (Lipinski definition) is 3. The topological polar surface area (TPSA) is 66.8 Å². The molecule has 0 spiro atoms. The molecule has 0 aliphatic rings. The molecule has 1 N–H and O–H groups in total. The fourth-order valence-corrected chi connectivity index (χ4v) is 4.14. The van der Waals surface area contributed by atoms with Crippen molar-refractivity contribution in [2.75, 3.05) is 7.05 Å². The van der Waals surface area contributed by atoms with Crippen LogP contribution in [0.25, 0.3) is 0 Å². The molecule has 3 aromatic rings. The van der Waals surface area contributed by atoms with Gasteiger partial charge in [-0.1, -0.05) is 23.7 Å². The van der Waals surface area contributed by atoms with E-state index in [1.807, 2.05) is 0 Å². The van der Waals surface area contributed by atoms with Gasteiger partial charge in [0.25, 0.3) is 0 Å². The second-order valence-corrected chi connectivity index (χ2v) is 9.16. The highest BCUT2D eigenvalue weighted by molar-refractivity contribution is 7.82. The van der Waals surface area contributed by atoms with Crippen LogP contribution in [0.2, 0.25) is 5.02 Å². The third-order valence-corrected chi connectivity index (χ3v) is 6.18. The third kappa shape index (κ3) is 6.80. The van der Waals surface area contributed by atoms with Crippen molar-refractivity contribution in [2.24, 2.45) is 0 Å². The zero-order chi connectivity index (χ0) is 24.2. The number of carbonyl (C=O) groups is 1. The van der Waals surface area contributed by atoms with Crippen molar-refractivity contribution in [3.63, 3.8) is 0 Å². The molecule has 0 aromatic heterocycles. The van der Waals surface area contributed by atoms with E-state index in [0.29, 0.717) is 15.5 Å². The van der Waals surface area contributed by atoms with Crippen LogP contribution in [0.3, 0.4) is 0 Å². The first-order chi connectivity index (χ1) is 15.5. The second kappa shape index (κ2) is 10.4. The van der Waals surface area contributed by atoms with Crippen LogP contribution >= 0.6 is 11.6 Å². The first kappa shape index (κ1) is 24.8. The van der Waals surface area contributed by atoms with Gasteiger partial charge in [-0.25, -0.2) is 8.51 Å². The number of aliphatic carboxylic acids is 1. The number of hydrogen-bond donors (Lipinski definition) is 1. The Labute approximate surface area is 196 Å². The van der Waals surface area contributed by atoms with Crippen LogP contribution in [0.4, 0.5) is 13.2 Å². The molecule has 0 heterocycles. The van der Waals surface area contributed by atoms with E-state index < -0.39 is 28.7 Å². The zero-order valence-electron chi connectivity index (χ0n) is 17.3. The van der Waals surface area contributed by atoms with Crippen molar-refractivity contribution >= 4 is 28.6 Å². The Morgan fingerprint density at radius 2 is 1.79 bits per heavy atom. The monoisotopic (exact) mass is 497 g/mol. The second-order valence-electron chi connectivity index (χ2n) is 7.13. The van der Waals surface area contributed by atoms with Gasteiger partial charge in [0.2, 0.25) is 0 Å². The fourth-order valence-electron chi connectivity index (χ4n) is 3.03. The number of carboxylic acid groups (broad SMARTS) is 1. The maximum absolute atomic E-state index is 13.3. The maximum atomic E-state index is 13.3. The molecule has 33 heavy (non-hydrogen) atoms. The summed E-state index contributed by atoms with van der Waals surface area (Å²) in [6, 6.07) is 15.6. The summed E-state index contributed by atoms with van der Waals surface area (Å²) in [6.07, 6.45) is -4.79. The summed E-state index contributed by atoms with van der Waals surface area (Å²) in [5.74, 6) is -0.611. The standard InChI is InChI=1S/C23H19ClF3NO4S/c1-28(33(31)20-8-6-18(24)7-9-20)14-16-13-17(23(25,26)27)5-10-21(16)32-19-4-2-3-15(11-19)12-22(29)30/h2-11,13H,12,14H2,1H3,(H,29,30). The normalized spacial score (nSPS) is 12.5. The Kier molecular flexibility index (Phi) is 7.78. The first-order valence-corrected chi connectivity index (χ1v) is 11.1. The molecule has 1 atom stereocenters. The highest BCUT2D eigenvalue weighted by Crippen LogP contribution is 2.35. The largest absolute Gasteiger partial charge is 0.481 e. The van der Waals surface area contributed by atoms with Gasteiger partial charge in [0, 0.05) is 24.2 Å². The third-order valence-electron chi connectivity index (χ3n) is 4.56. The van der Waals surface area contributed by atoms with Gasteiger partial charge in [0.1, 0.15) is 22.5 Å². The molecule has 0 bridgehead atoms. The fraction of sp³-hybridized carbons (Fsp3) is 0.174. The predicted molar refractivity (Wildman–Crippen MR) is 119 cm³/mol. The Hall–Kier alpha value is -2.88. The average molecular weight is 498 g/mol. The minimum Gasteiger partial charge on any atom is -0.481 e. The number of halogens is 4. The van der Waals surface area contributed by atoms with E-state index in [1.165, 1.54) is 23.5 Å². The van der Waals surface area contributed by atoms with Gasteiger partial charge in [-0.2, -0.15) is 13.2 Å². The summed E-state index contributed by atoms with van der Waals surface area (Å²) in [4.78, 5) is 11.4. The van der Waals surface area contributed by atoms with Gasteiger partial charge in [0.05, 0.1) is 16.9 Å². The summed E-state index contributed by atoms with van der Waals surface area (Å²) in [5, 5.41) is 9.44. The zero-order valence-corrected chi connectivity index (χ0v) is 18.9. The number of ether oxygens (including phenoxy) is 1. The van der Waals surface area contributed by atoms with E-state index in [2.05, 4.69) is 0 Å². The van der Waals surface area contributed by atoms with Crippen LogP contribution in [0.1, 0.15) is 16.7 Å². The first-order valence-electron chi connectivity index (χ1n) is 9.60. The number of alkyl halides is 3. The Morgan fingerprint density at radius 3 is 2.42 bits per heavy atom. The van der Waals surface area contributed by atoms with E-state index in [0.717, 1.165) is 12.1 Å². The molecular formula is C23H19ClF3NO4S. The molecule has 3 aromatic carbocycles. The Balaban J connectivity index is 1.90. The number of carboxylic acids is 1. The van der Waals surface area contributed by atoms with Crippen LogP contribution in [0.15, 0.2) is 71.6 Å². The molecule has 0 saturated carbocycles. The molecule has 0 aliphatic heterocycles. The summed E-state index contributed by atoms with van der Waals surface area (Å²) in [7, 11) is -0.141. The van der Waals surface area contributed by atoms with E-state index in [-0.39, 0.29) is 30.0 Å². The number of benzene rings is 3. The van der Waals surface area contributed by atoms with Gasteiger partial charge in [-0.05, 0) is 60.2 Å². The quantitative estimate of drug-likeness (QED) is 0.418. The van der Waals surface area contributed by atoms with Crippen molar-refractivity contribution in [1.29, 1.82) is 0 Å². The lowest BCUT2D eigenvalue weighted by atomic mass is 10.1. The molecular weight excluding hydrogens is 479 g/mol. The molecule has 174 valence electrons. The van der Waals surface area contributed by atoms with Crippen LogP contribution < -0.4 is 4.74 Å². The summed E-state index contributed by atoms with van der Waals surface area (Å²) in [6.45, 7) is -0.108. The highest BCUT2D eigenvalue weighted by Gasteiger charge is 2.31. The minimum absolute atomic E-state index is 0.108. The van der Waals surface area contributed by atoms with E-state index in [9.17, 15) is 22.2 Å². The van der Waals surface area contributed by atoms with Gasteiger partial charge < -0.3 is 9.84 Å². The summed E-state index contributed by atoms with van der Waals surface area (Å²) in [5.41, 5.74) is -0.220. The predicted octanol–water partition coefficient (Wildman–Crippen LogP) is 5.93. The highest BCUT2D eigenvalue weighted by atomic mass is 35.5. The molecule has 3 rings (SSSR count). The van der Waals surface area contributed by atoms with E-state index >= 15 is 0 Å². The molecule has 0 saturated heterocycles. The van der Waals surface area contributed by atoms with Crippen LogP contribution in [0.5, 0.6) is 11.5 Å². The SMILES string of the molecule is CN(Cc1cc(C(F)(F)F)ccc1Oc1cccc(CC(=O)O)c1)S(=O)c1ccc(Cl)cc1. The maximum Gasteiger partial charge on any atom is 0.416 e. The number of rotatable bonds is 8.